The van der Waals surface area contributed by atoms with Crippen LogP contribution in [0.25, 0.3) is 11.0 Å². The first kappa shape index (κ1) is 19.5. The Labute approximate surface area is 173 Å². The summed E-state index contributed by atoms with van der Waals surface area (Å²) in [7, 11) is 5.44. The van der Waals surface area contributed by atoms with Crippen molar-refractivity contribution in [1.82, 2.24) is 14.5 Å². The fourth-order valence-corrected chi connectivity index (χ4v) is 3.35. The van der Waals surface area contributed by atoms with E-state index in [1.807, 2.05) is 66.3 Å². The lowest BCUT2D eigenvalue weighted by molar-refractivity contribution is 0.445. The predicted molar refractivity (Wildman–Crippen MR) is 118 cm³/mol. The molecule has 0 amide bonds. The Morgan fingerprint density at radius 3 is 2.27 bits per heavy atom. The molecule has 0 radical (unpaired) electrons. The number of rotatable bonds is 7. The number of nitrogens with one attached hydrogen (secondary N) is 3. The fourth-order valence-electron chi connectivity index (χ4n) is 3.35. The number of fused-ring (bicyclic) bond motifs is 1. The SMILES string of the molecule is CNc1cc(NC)c(Oc2nc(F)nc3c2ccn3Cc2ccccc2)c(NC)c1. The molecular weight excluding hydrogens is 383 g/mol. The summed E-state index contributed by atoms with van der Waals surface area (Å²) in [5.41, 5.74) is 3.95. The summed E-state index contributed by atoms with van der Waals surface area (Å²) < 4.78 is 22.3. The van der Waals surface area contributed by atoms with Crippen LogP contribution in [0.15, 0.2) is 54.7 Å². The molecule has 2 heterocycles. The molecule has 0 spiro atoms. The Bertz CT molecular complexity index is 1150. The highest BCUT2D eigenvalue weighted by Crippen LogP contribution is 2.40. The minimum atomic E-state index is -0.839. The van der Waals surface area contributed by atoms with Gasteiger partial charge in [-0.2, -0.15) is 14.4 Å². The highest BCUT2D eigenvalue weighted by Gasteiger charge is 2.18. The Kier molecular flexibility index (Phi) is 5.38. The first-order chi connectivity index (χ1) is 14.6. The van der Waals surface area contributed by atoms with Crippen molar-refractivity contribution < 1.29 is 9.13 Å². The van der Waals surface area contributed by atoms with Gasteiger partial charge >= 0.3 is 6.08 Å². The molecule has 0 saturated heterocycles. The van der Waals surface area contributed by atoms with Gasteiger partial charge in [-0.25, -0.2) is 0 Å². The maximum absolute atomic E-state index is 14.3. The van der Waals surface area contributed by atoms with E-state index in [-0.39, 0.29) is 5.88 Å². The van der Waals surface area contributed by atoms with Gasteiger partial charge in [0.2, 0.25) is 5.88 Å². The third kappa shape index (κ3) is 3.71. The van der Waals surface area contributed by atoms with Gasteiger partial charge in [0.15, 0.2) is 11.4 Å². The number of aromatic nitrogens is 3. The highest BCUT2D eigenvalue weighted by molar-refractivity contribution is 5.84. The van der Waals surface area contributed by atoms with E-state index in [0.717, 1.165) is 22.6 Å². The molecule has 30 heavy (non-hydrogen) atoms. The summed E-state index contributed by atoms with van der Waals surface area (Å²) in [6.45, 7) is 0.570. The molecule has 0 aliphatic heterocycles. The van der Waals surface area contributed by atoms with Crippen LogP contribution in [0, 0.1) is 6.08 Å². The molecule has 3 N–H and O–H groups in total. The van der Waals surface area contributed by atoms with E-state index in [1.54, 1.807) is 14.1 Å². The van der Waals surface area contributed by atoms with E-state index in [9.17, 15) is 4.39 Å². The van der Waals surface area contributed by atoms with E-state index >= 15 is 0 Å². The topological polar surface area (TPSA) is 76.0 Å². The van der Waals surface area contributed by atoms with E-state index in [4.69, 9.17) is 4.74 Å². The van der Waals surface area contributed by atoms with Crippen molar-refractivity contribution in [2.45, 2.75) is 6.54 Å². The second-order valence-electron chi connectivity index (χ2n) is 6.72. The van der Waals surface area contributed by atoms with Gasteiger partial charge in [-0.1, -0.05) is 30.3 Å². The van der Waals surface area contributed by atoms with Gasteiger partial charge in [-0.15, -0.1) is 0 Å². The fraction of sp³-hybridized carbons (Fsp3) is 0.182. The van der Waals surface area contributed by atoms with E-state index in [2.05, 4.69) is 25.9 Å². The van der Waals surface area contributed by atoms with Crippen molar-refractivity contribution in [3.05, 3.63) is 66.4 Å². The van der Waals surface area contributed by atoms with Crippen molar-refractivity contribution in [2.75, 3.05) is 37.1 Å². The maximum atomic E-state index is 14.3. The Hall–Kier alpha value is -3.81. The van der Waals surface area contributed by atoms with Crippen LogP contribution in [0.3, 0.4) is 0 Å². The number of benzene rings is 2. The lowest BCUT2D eigenvalue weighted by Crippen LogP contribution is -2.04. The van der Waals surface area contributed by atoms with Crippen LogP contribution in [0.4, 0.5) is 21.5 Å². The van der Waals surface area contributed by atoms with Crippen LogP contribution in [0.5, 0.6) is 11.6 Å². The molecule has 0 saturated carbocycles. The number of hydrogen-bond donors (Lipinski definition) is 3. The lowest BCUT2D eigenvalue weighted by atomic mass is 10.2. The zero-order chi connectivity index (χ0) is 21.1. The normalized spacial score (nSPS) is 10.8. The summed E-state index contributed by atoms with van der Waals surface area (Å²) in [4.78, 5) is 7.94. The van der Waals surface area contributed by atoms with Gasteiger partial charge in [0.1, 0.15) is 0 Å². The van der Waals surface area contributed by atoms with Gasteiger partial charge < -0.3 is 25.3 Å². The molecule has 0 fully saturated rings. The monoisotopic (exact) mass is 406 g/mol. The number of anilines is 3. The molecule has 0 aliphatic carbocycles. The molecule has 2 aromatic heterocycles. The minimum absolute atomic E-state index is 0.162. The van der Waals surface area contributed by atoms with Gasteiger partial charge in [0.25, 0.3) is 0 Å². The van der Waals surface area contributed by atoms with Gasteiger partial charge in [0.05, 0.1) is 16.8 Å². The number of nitrogens with zero attached hydrogens (tertiary/aromatic N) is 3. The number of hydrogen-bond acceptors (Lipinski definition) is 6. The smallest absolute Gasteiger partial charge is 0.313 e. The molecule has 0 unspecified atom stereocenters. The quantitative estimate of drug-likeness (QED) is 0.391. The minimum Gasteiger partial charge on any atom is -0.434 e. The Balaban J connectivity index is 1.77. The number of halogens is 1. The average molecular weight is 406 g/mol. The third-order valence-electron chi connectivity index (χ3n) is 4.87. The predicted octanol–water partition coefficient (Wildman–Crippen LogP) is 4.54. The van der Waals surface area contributed by atoms with Crippen LogP contribution in [0.1, 0.15) is 5.56 Å². The zero-order valence-electron chi connectivity index (χ0n) is 17.0. The number of ether oxygens (including phenoxy) is 1. The molecule has 0 atom stereocenters. The molecule has 4 aromatic rings. The van der Waals surface area contributed by atoms with Gasteiger partial charge in [0, 0.05) is 39.6 Å². The standard InChI is InChI=1S/C22H23FN6O/c1-24-15-11-17(25-2)19(18(12-15)26-3)30-21-16-9-10-29(20(16)27-22(23)28-21)13-14-7-5-4-6-8-14/h4-12,24-26H,13H2,1-3H3. The van der Waals surface area contributed by atoms with Crippen molar-refractivity contribution in [1.29, 1.82) is 0 Å². The van der Waals surface area contributed by atoms with Crippen LogP contribution in [-0.4, -0.2) is 35.7 Å². The second-order valence-corrected chi connectivity index (χ2v) is 6.72. The first-order valence-corrected chi connectivity index (χ1v) is 9.58. The molecule has 4 rings (SSSR count). The molecule has 154 valence electrons. The third-order valence-corrected chi connectivity index (χ3v) is 4.87. The van der Waals surface area contributed by atoms with Crippen LogP contribution in [-0.2, 0) is 6.54 Å². The molecule has 7 nitrogen and oxygen atoms in total. The second kappa shape index (κ2) is 8.28. The van der Waals surface area contributed by atoms with E-state index in [0.29, 0.717) is 23.3 Å². The maximum Gasteiger partial charge on any atom is 0.313 e. The van der Waals surface area contributed by atoms with E-state index < -0.39 is 6.08 Å². The molecule has 2 aromatic carbocycles. The van der Waals surface area contributed by atoms with E-state index in [1.165, 1.54) is 0 Å². The largest absolute Gasteiger partial charge is 0.434 e. The van der Waals surface area contributed by atoms with Crippen LogP contribution < -0.4 is 20.7 Å². The summed E-state index contributed by atoms with van der Waals surface area (Å²) in [5, 5.41) is 9.98. The Morgan fingerprint density at radius 2 is 1.63 bits per heavy atom. The summed E-state index contributed by atoms with van der Waals surface area (Å²) in [6.07, 6.45) is 1.02. The zero-order valence-corrected chi connectivity index (χ0v) is 17.0. The highest BCUT2D eigenvalue weighted by atomic mass is 19.1. The summed E-state index contributed by atoms with van der Waals surface area (Å²) >= 11 is 0. The van der Waals surface area contributed by atoms with Crippen molar-refractivity contribution in [2.24, 2.45) is 0 Å². The Morgan fingerprint density at radius 1 is 0.933 bits per heavy atom. The summed E-state index contributed by atoms with van der Waals surface area (Å²) in [6, 6.07) is 15.6. The first-order valence-electron chi connectivity index (χ1n) is 9.58. The molecule has 0 aliphatic rings. The summed E-state index contributed by atoms with van der Waals surface area (Å²) in [5.74, 6) is 0.684. The lowest BCUT2D eigenvalue weighted by Gasteiger charge is -2.17. The molecule has 8 heteroatoms. The van der Waals surface area contributed by atoms with Crippen molar-refractivity contribution in [3.63, 3.8) is 0 Å². The molecule has 0 bridgehead atoms. The van der Waals surface area contributed by atoms with Crippen LogP contribution >= 0.6 is 0 Å². The van der Waals surface area contributed by atoms with Gasteiger partial charge in [-0.3, -0.25) is 0 Å². The van der Waals surface area contributed by atoms with Gasteiger partial charge in [-0.05, 0) is 23.8 Å². The van der Waals surface area contributed by atoms with Crippen molar-refractivity contribution in [3.8, 4) is 11.6 Å². The van der Waals surface area contributed by atoms with Crippen molar-refractivity contribution >= 4 is 28.1 Å². The van der Waals surface area contributed by atoms with Crippen LogP contribution in [0.2, 0.25) is 0 Å². The molecular formula is C22H23FN6O. The average Bonchev–Trinajstić information content (AvgIpc) is 3.17.